The minimum Gasteiger partial charge on any atom is -0.405 e. The molecule has 0 bridgehead atoms. The van der Waals surface area contributed by atoms with Crippen LogP contribution in [0, 0.1) is 0 Å². The van der Waals surface area contributed by atoms with Crippen molar-refractivity contribution in [2.75, 3.05) is 0 Å². The van der Waals surface area contributed by atoms with Crippen LogP contribution in [-0.2, 0) is 0 Å². The monoisotopic (exact) mass is 234 g/mol. The Morgan fingerprint density at radius 1 is 1.38 bits per heavy atom. The number of hydrogen-bond donors (Lipinski definition) is 2. The van der Waals surface area contributed by atoms with Gasteiger partial charge in [0.2, 0.25) is 0 Å². The number of nitrogens with one attached hydrogen (secondary N) is 1. The largest absolute Gasteiger partial charge is 0.573 e. The van der Waals surface area contributed by atoms with Gasteiger partial charge >= 0.3 is 6.36 Å². The van der Waals surface area contributed by atoms with Crippen LogP contribution in [0.25, 0.3) is 0 Å². The zero-order valence-corrected chi connectivity index (χ0v) is 8.71. The minimum atomic E-state index is -4.69. The summed E-state index contributed by atoms with van der Waals surface area (Å²) in [6, 6.07) is 5.57. The highest BCUT2D eigenvalue weighted by Crippen LogP contribution is 2.30. The average molecular weight is 234 g/mol. The maximum atomic E-state index is 12.1. The highest BCUT2D eigenvalue weighted by Gasteiger charge is 2.32. The highest BCUT2D eigenvalue weighted by atomic mass is 19.4. The molecular formula is C10H13F3N2O. The van der Waals surface area contributed by atoms with Crippen LogP contribution in [0.2, 0.25) is 0 Å². The smallest absolute Gasteiger partial charge is 0.405 e. The first kappa shape index (κ1) is 12.8. The number of benzene rings is 1. The van der Waals surface area contributed by atoms with Gasteiger partial charge in [0.05, 0.1) is 0 Å². The van der Waals surface area contributed by atoms with Gasteiger partial charge in [-0.05, 0) is 12.5 Å². The summed E-state index contributed by atoms with van der Waals surface area (Å²) in [5, 5.41) is 0. The number of halogens is 3. The van der Waals surface area contributed by atoms with E-state index in [1.54, 1.807) is 12.1 Å². The number of nitrogens with two attached hydrogens (primary N) is 1. The molecule has 0 fully saturated rings. The summed E-state index contributed by atoms with van der Waals surface area (Å²) in [6.07, 6.45) is -4.13. The summed E-state index contributed by atoms with van der Waals surface area (Å²) in [4.78, 5) is 0. The second-order valence-corrected chi connectivity index (χ2v) is 3.21. The van der Waals surface area contributed by atoms with Crippen molar-refractivity contribution in [3.63, 3.8) is 0 Å². The fourth-order valence-electron chi connectivity index (χ4n) is 1.41. The van der Waals surface area contributed by atoms with Crippen molar-refractivity contribution in [3.05, 3.63) is 29.8 Å². The van der Waals surface area contributed by atoms with Crippen LogP contribution >= 0.6 is 0 Å². The van der Waals surface area contributed by atoms with Crippen molar-refractivity contribution in [3.8, 4) is 5.75 Å². The van der Waals surface area contributed by atoms with E-state index in [9.17, 15) is 13.2 Å². The molecule has 1 atom stereocenters. The van der Waals surface area contributed by atoms with Gasteiger partial charge in [0.25, 0.3) is 0 Å². The Morgan fingerprint density at radius 2 is 2.00 bits per heavy atom. The Kier molecular flexibility index (Phi) is 4.14. The number of hydrogen-bond acceptors (Lipinski definition) is 3. The number of hydrazine groups is 1. The number of alkyl halides is 3. The normalized spacial score (nSPS) is 13.6. The van der Waals surface area contributed by atoms with Crippen LogP contribution in [0.5, 0.6) is 5.75 Å². The van der Waals surface area contributed by atoms with Gasteiger partial charge < -0.3 is 4.74 Å². The van der Waals surface area contributed by atoms with E-state index in [4.69, 9.17) is 5.84 Å². The number of ether oxygens (including phenoxy) is 1. The molecule has 1 rings (SSSR count). The number of rotatable bonds is 4. The van der Waals surface area contributed by atoms with Crippen LogP contribution in [0.1, 0.15) is 24.9 Å². The molecule has 0 aliphatic carbocycles. The zero-order valence-electron chi connectivity index (χ0n) is 8.71. The quantitative estimate of drug-likeness (QED) is 0.621. The van der Waals surface area contributed by atoms with Crippen molar-refractivity contribution in [2.45, 2.75) is 25.7 Å². The Morgan fingerprint density at radius 3 is 2.50 bits per heavy atom. The second kappa shape index (κ2) is 5.18. The van der Waals surface area contributed by atoms with Gasteiger partial charge in [-0.15, -0.1) is 13.2 Å². The average Bonchev–Trinajstić information content (AvgIpc) is 2.20. The predicted octanol–water partition coefficient (Wildman–Crippen LogP) is 2.50. The first-order valence-electron chi connectivity index (χ1n) is 4.78. The van der Waals surface area contributed by atoms with Crippen molar-refractivity contribution in [2.24, 2.45) is 5.84 Å². The van der Waals surface area contributed by atoms with Gasteiger partial charge in [0.1, 0.15) is 5.75 Å². The molecule has 0 amide bonds. The van der Waals surface area contributed by atoms with Gasteiger partial charge in [0, 0.05) is 11.6 Å². The standard InChI is InChI=1S/C10H13F3N2O/c1-2-8(15-14)7-5-3-4-6-9(7)16-10(11,12)13/h3-6,8,15H,2,14H2,1H3. The van der Waals surface area contributed by atoms with Crippen LogP contribution < -0.4 is 16.0 Å². The van der Waals surface area contributed by atoms with E-state index < -0.39 is 6.36 Å². The molecule has 0 aromatic heterocycles. The molecule has 0 saturated carbocycles. The third-order valence-corrected chi connectivity index (χ3v) is 2.13. The molecule has 0 heterocycles. The molecule has 0 spiro atoms. The Labute approximate surface area is 91.4 Å². The molecule has 0 radical (unpaired) electrons. The summed E-state index contributed by atoms with van der Waals surface area (Å²) in [7, 11) is 0. The molecule has 3 N–H and O–H groups in total. The first-order valence-corrected chi connectivity index (χ1v) is 4.78. The first-order chi connectivity index (χ1) is 7.48. The molecule has 3 nitrogen and oxygen atoms in total. The lowest BCUT2D eigenvalue weighted by Crippen LogP contribution is -2.28. The molecule has 1 aromatic rings. The van der Waals surface area contributed by atoms with E-state index in [-0.39, 0.29) is 11.8 Å². The summed E-state index contributed by atoms with van der Waals surface area (Å²) < 4.78 is 40.3. The topological polar surface area (TPSA) is 47.3 Å². The summed E-state index contributed by atoms with van der Waals surface area (Å²) in [5.41, 5.74) is 2.84. The van der Waals surface area contributed by atoms with E-state index in [2.05, 4.69) is 10.2 Å². The van der Waals surface area contributed by atoms with E-state index in [0.29, 0.717) is 12.0 Å². The lowest BCUT2D eigenvalue weighted by Gasteiger charge is -2.19. The van der Waals surface area contributed by atoms with Gasteiger partial charge in [-0.2, -0.15) is 0 Å². The molecule has 0 saturated heterocycles. The van der Waals surface area contributed by atoms with E-state index in [1.165, 1.54) is 12.1 Å². The van der Waals surface area contributed by atoms with E-state index in [1.807, 2.05) is 6.92 Å². The molecule has 1 unspecified atom stereocenters. The summed E-state index contributed by atoms with van der Waals surface area (Å²) in [5.74, 6) is 5.04. The van der Waals surface area contributed by atoms with Crippen molar-refractivity contribution < 1.29 is 17.9 Å². The molecule has 90 valence electrons. The van der Waals surface area contributed by atoms with Gasteiger partial charge in [0.15, 0.2) is 0 Å². The SMILES string of the molecule is CCC(NN)c1ccccc1OC(F)(F)F. The van der Waals surface area contributed by atoms with Crippen molar-refractivity contribution in [1.82, 2.24) is 5.43 Å². The molecule has 6 heteroatoms. The fraction of sp³-hybridized carbons (Fsp3) is 0.400. The molecular weight excluding hydrogens is 221 g/mol. The maximum absolute atomic E-state index is 12.1. The third kappa shape index (κ3) is 3.39. The lowest BCUT2D eigenvalue weighted by atomic mass is 10.0. The molecule has 0 aliphatic heterocycles. The van der Waals surface area contributed by atoms with Crippen LogP contribution in [-0.4, -0.2) is 6.36 Å². The Hall–Kier alpha value is -1.27. The molecule has 16 heavy (non-hydrogen) atoms. The van der Waals surface area contributed by atoms with Crippen LogP contribution in [0.3, 0.4) is 0 Å². The van der Waals surface area contributed by atoms with Crippen molar-refractivity contribution in [1.29, 1.82) is 0 Å². The van der Waals surface area contributed by atoms with Gasteiger partial charge in [-0.3, -0.25) is 11.3 Å². The minimum absolute atomic E-state index is 0.222. The van der Waals surface area contributed by atoms with Gasteiger partial charge in [-0.25, -0.2) is 0 Å². The number of para-hydroxylation sites is 1. The van der Waals surface area contributed by atoms with E-state index in [0.717, 1.165) is 0 Å². The zero-order chi connectivity index (χ0) is 12.2. The van der Waals surface area contributed by atoms with Crippen LogP contribution in [0.15, 0.2) is 24.3 Å². The lowest BCUT2D eigenvalue weighted by molar-refractivity contribution is -0.275. The third-order valence-electron chi connectivity index (χ3n) is 2.13. The maximum Gasteiger partial charge on any atom is 0.573 e. The summed E-state index contributed by atoms with van der Waals surface area (Å²) in [6.45, 7) is 1.81. The van der Waals surface area contributed by atoms with Crippen molar-refractivity contribution >= 4 is 0 Å². The second-order valence-electron chi connectivity index (χ2n) is 3.21. The molecule has 1 aromatic carbocycles. The molecule has 0 aliphatic rings. The summed E-state index contributed by atoms with van der Waals surface area (Å²) >= 11 is 0. The van der Waals surface area contributed by atoms with E-state index >= 15 is 0 Å². The van der Waals surface area contributed by atoms with Gasteiger partial charge in [-0.1, -0.05) is 25.1 Å². The van der Waals surface area contributed by atoms with Crippen LogP contribution in [0.4, 0.5) is 13.2 Å². The Bertz CT molecular complexity index is 337. The highest BCUT2D eigenvalue weighted by molar-refractivity contribution is 5.35. The Balaban J connectivity index is 3.00. The fourth-order valence-corrected chi connectivity index (χ4v) is 1.41. The predicted molar refractivity (Wildman–Crippen MR) is 53.5 cm³/mol.